The van der Waals surface area contributed by atoms with Crippen molar-refractivity contribution in [2.75, 3.05) is 19.5 Å². The van der Waals surface area contributed by atoms with Gasteiger partial charge in [-0.15, -0.1) is 0 Å². The lowest BCUT2D eigenvalue weighted by Crippen LogP contribution is -2.00. The maximum atomic E-state index is 11.0. The predicted octanol–water partition coefficient (Wildman–Crippen LogP) is 2.54. The number of carbonyl (C=O) groups is 1. The Morgan fingerprint density at radius 3 is 2.07 bits per heavy atom. The van der Waals surface area contributed by atoms with Crippen molar-refractivity contribution in [2.45, 2.75) is 13.8 Å². The maximum absolute atomic E-state index is 11.0. The van der Waals surface area contributed by atoms with Crippen molar-refractivity contribution < 1.29 is 9.53 Å². The standard InChI is InChI=1S/C9H11NO2.C2H6/c1-10-8-5-3-7(4-6-8)9(11)12-2;1-2/h3-6,10H,1-2H3;1-2H3. The van der Waals surface area contributed by atoms with Crippen LogP contribution >= 0.6 is 0 Å². The molecule has 78 valence electrons. The van der Waals surface area contributed by atoms with Gasteiger partial charge in [-0.2, -0.15) is 0 Å². The molecule has 14 heavy (non-hydrogen) atoms. The van der Waals surface area contributed by atoms with Crippen LogP contribution in [0.2, 0.25) is 0 Å². The van der Waals surface area contributed by atoms with E-state index in [1.807, 2.05) is 33.0 Å². The van der Waals surface area contributed by atoms with Gasteiger partial charge in [0.05, 0.1) is 12.7 Å². The van der Waals surface area contributed by atoms with Gasteiger partial charge < -0.3 is 10.1 Å². The van der Waals surface area contributed by atoms with E-state index in [9.17, 15) is 4.79 Å². The SMILES string of the molecule is CC.CNc1ccc(C(=O)OC)cc1. The molecule has 0 bridgehead atoms. The van der Waals surface area contributed by atoms with Gasteiger partial charge in [0, 0.05) is 12.7 Å². The van der Waals surface area contributed by atoms with Crippen molar-refractivity contribution in [1.29, 1.82) is 0 Å². The Kier molecular flexibility index (Phi) is 6.20. The van der Waals surface area contributed by atoms with Gasteiger partial charge in [-0.1, -0.05) is 13.8 Å². The summed E-state index contributed by atoms with van der Waals surface area (Å²) in [5.74, 6) is -0.308. The highest BCUT2D eigenvalue weighted by atomic mass is 16.5. The third kappa shape index (κ3) is 3.47. The van der Waals surface area contributed by atoms with Gasteiger partial charge in [-0.25, -0.2) is 4.79 Å². The smallest absolute Gasteiger partial charge is 0.337 e. The first-order chi connectivity index (χ1) is 6.77. The fourth-order valence-electron chi connectivity index (χ4n) is 0.891. The number of ether oxygens (including phenoxy) is 1. The zero-order valence-electron chi connectivity index (χ0n) is 9.13. The number of benzene rings is 1. The van der Waals surface area contributed by atoms with Crippen LogP contribution in [0.1, 0.15) is 24.2 Å². The molecule has 0 aliphatic heterocycles. The molecule has 0 unspecified atom stereocenters. The van der Waals surface area contributed by atoms with Gasteiger partial charge >= 0.3 is 5.97 Å². The van der Waals surface area contributed by atoms with Crippen molar-refractivity contribution in [1.82, 2.24) is 0 Å². The number of nitrogens with one attached hydrogen (secondary N) is 1. The van der Waals surface area contributed by atoms with Gasteiger partial charge in [0.1, 0.15) is 0 Å². The summed E-state index contributed by atoms with van der Waals surface area (Å²) in [6.45, 7) is 4.00. The minimum Gasteiger partial charge on any atom is -0.465 e. The average molecular weight is 195 g/mol. The number of esters is 1. The Bertz CT molecular complexity index is 267. The third-order valence-corrected chi connectivity index (χ3v) is 1.59. The van der Waals surface area contributed by atoms with Crippen LogP contribution in [0.5, 0.6) is 0 Å². The van der Waals surface area contributed by atoms with Crippen LogP contribution in [-0.2, 0) is 4.74 Å². The highest BCUT2D eigenvalue weighted by Crippen LogP contribution is 2.08. The highest BCUT2D eigenvalue weighted by Gasteiger charge is 2.02. The maximum Gasteiger partial charge on any atom is 0.337 e. The molecular weight excluding hydrogens is 178 g/mol. The first-order valence-corrected chi connectivity index (χ1v) is 4.64. The Morgan fingerprint density at radius 2 is 1.71 bits per heavy atom. The summed E-state index contributed by atoms with van der Waals surface area (Å²) < 4.78 is 4.55. The lowest BCUT2D eigenvalue weighted by molar-refractivity contribution is 0.0601. The third-order valence-electron chi connectivity index (χ3n) is 1.59. The molecule has 1 N–H and O–H groups in total. The summed E-state index contributed by atoms with van der Waals surface area (Å²) in [5, 5.41) is 2.96. The van der Waals surface area contributed by atoms with E-state index in [-0.39, 0.29) is 5.97 Å². The summed E-state index contributed by atoms with van der Waals surface area (Å²) in [7, 11) is 3.20. The summed E-state index contributed by atoms with van der Waals surface area (Å²) >= 11 is 0. The summed E-state index contributed by atoms with van der Waals surface area (Å²) in [6.07, 6.45) is 0. The van der Waals surface area contributed by atoms with Crippen molar-refractivity contribution in [3.05, 3.63) is 29.8 Å². The summed E-state index contributed by atoms with van der Waals surface area (Å²) in [5.41, 5.74) is 1.54. The Labute approximate surface area is 85.1 Å². The van der Waals surface area contributed by atoms with E-state index in [2.05, 4.69) is 10.1 Å². The van der Waals surface area contributed by atoms with E-state index in [4.69, 9.17) is 0 Å². The zero-order chi connectivity index (χ0) is 11.0. The van der Waals surface area contributed by atoms with Gasteiger partial charge in [-0.3, -0.25) is 0 Å². The van der Waals surface area contributed by atoms with E-state index in [1.165, 1.54) is 7.11 Å². The lowest BCUT2D eigenvalue weighted by atomic mass is 10.2. The van der Waals surface area contributed by atoms with Crippen LogP contribution in [0.3, 0.4) is 0 Å². The second kappa shape index (κ2) is 6.95. The predicted molar refractivity (Wildman–Crippen MR) is 58.7 cm³/mol. The van der Waals surface area contributed by atoms with Crippen molar-refractivity contribution in [3.63, 3.8) is 0 Å². The Balaban J connectivity index is 0.000000791. The molecule has 0 radical (unpaired) electrons. The average Bonchev–Trinajstić information content (AvgIpc) is 2.31. The van der Waals surface area contributed by atoms with E-state index >= 15 is 0 Å². The number of anilines is 1. The molecule has 1 rings (SSSR count). The van der Waals surface area contributed by atoms with Gasteiger partial charge in [0.2, 0.25) is 0 Å². The normalized spacial score (nSPS) is 8.29. The van der Waals surface area contributed by atoms with Gasteiger partial charge in [0.25, 0.3) is 0 Å². The molecule has 1 aromatic carbocycles. The fraction of sp³-hybridized carbons (Fsp3) is 0.364. The quantitative estimate of drug-likeness (QED) is 0.737. The van der Waals surface area contributed by atoms with Crippen molar-refractivity contribution >= 4 is 11.7 Å². The molecule has 0 saturated heterocycles. The van der Waals surface area contributed by atoms with Crippen LogP contribution in [0, 0.1) is 0 Å². The first-order valence-electron chi connectivity index (χ1n) is 4.64. The van der Waals surface area contributed by atoms with E-state index < -0.39 is 0 Å². The molecular formula is C11H17NO2. The van der Waals surface area contributed by atoms with E-state index in [0.717, 1.165) is 5.69 Å². The van der Waals surface area contributed by atoms with Gasteiger partial charge in [-0.05, 0) is 24.3 Å². The molecule has 0 aromatic heterocycles. The van der Waals surface area contributed by atoms with Crippen LogP contribution < -0.4 is 5.32 Å². The topological polar surface area (TPSA) is 38.3 Å². The minimum atomic E-state index is -0.308. The number of hydrogen-bond acceptors (Lipinski definition) is 3. The Morgan fingerprint density at radius 1 is 1.21 bits per heavy atom. The second-order valence-corrected chi connectivity index (χ2v) is 2.32. The van der Waals surface area contributed by atoms with Crippen LogP contribution in [-0.4, -0.2) is 20.1 Å². The van der Waals surface area contributed by atoms with Crippen LogP contribution in [0.15, 0.2) is 24.3 Å². The molecule has 0 amide bonds. The second-order valence-electron chi connectivity index (χ2n) is 2.32. The number of rotatable bonds is 2. The highest BCUT2D eigenvalue weighted by molar-refractivity contribution is 5.89. The monoisotopic (exact) mass is 195 g/mol. The van der Waals surface area contributed by atoms with Crippen LogP contribution in [0.25, 0.3) is 0 Å². The van der Waals surface area contributed by atoms with E-state index in [0.29, 0.717) is 5.56 Å². The molecule has 0 saturated carbocycles. The summed E-state index contributed by atoms with van der Waals surface area (Å²) in [6, 6.07) is 7.09. The molecule has 1 aromatic rings. The molecule has 3 nitrogen and oxygen atoms in total. The first kappa shape index (κ1) is 12.5. The zero-order valence-corrected chi connectivity index (χ0v) is 9.13. The molecule has 0 heterocycles. The van der Waals surface area contributed by atoms with Crippen molar-refractivity contribution in [2.24, 2.45) is 0 Å². The number of hydrogen-bond donors (Lipinski definition) is 1. The van der Waals surface area contributed by atoms with E-state index in [1.54, 1.807) is 12.1 Å². The van der Waals surface area contributed by atoms with Gasteiger partial charge in [0.15, 0.2) is 0 Å². The number of methoxy groups -OCH3 is 1. The molecule has 0 aliphatic carbocycles. The number of carbonyl (C=O) groups excluding carboxylic acids is 1. The Hall–Kier alpha value is -1.51. The largest absolute Gasteiger partial charge is 0.465 e. The summed E-state index contributed by atoms with van der Waals surface area (Å²) in [4.78, 5) is 11.0. The molecule has 0 spiro atoms. The minimum absolute atomic E-state index is 0.308. The molecule has 0 fully saturated rings. The fourth-order valence-corrected chi connectivity index (χ4v) is 0.891. The van der Waals surface area contributed by atoms with Crippen molar-refractivity contribution in [3.8, 4) is 0 Å². The van der Waals surface area contributed by atoms with Crippen LogP contribution in [0.4, 0.5) is 5.69 Å². The molecule has 3 heteroatoms. The molecule has 0 atom stereocenters. The molecule has 0 aliphatic rings. The lowest BCUT2D eigenvalue weighted by Gasteiger charge is -2.01.